The first-order chi connectivity index (χ1) is 11.7. The summed E-state index contributed by atoms with van der Waals surface area (Å²) in [6.07, 6.45) is 0. The number of morpholine rings is 1. The Morgan fingerprint density at radius 2 is 2.17 bits per heavy atom. The number of benzene rings is 1. The maximum absolute atomic E-state index is 12.5. The number of nitrogens with zero attached hydrogens (tertiary/aromatic N) is 3. The van der Waals surface area contributed by atoms with E-state index in [-0.39, 0.29) is 11.7 Å². The Morgan fingerprint density at radius 1 is 1.42 bits per heavy atom. The van der Waals surface area contributed by atoms with Gasteiger partial charge in [-0.3, -0.25) is 9.89 Å². The molecule has 0 radical (unpaired) electrons. The van der Waals surface area contributed by atoms with Crippen LogP contribution in [0.2, 0.25) is 0 Å². The predicted octanol–water partition coefficient (Wildman–Crippen LogP) is 1.38. The molecule has 0 atom stereocenters. The molecule has 0 saturated carbocycles. The molecule has 1 aliphatic rings. The molecule has 3 rings (SSSR count). The van der Waals surface area contributed by atoms with E-state index in [9.17, 15) is 10.1 Å². The Hall–Kier alpha value is -3.05. The largest absolute Gasteiger partial charge is 0.496 e. The maximum atomic E-state index is 12.5. The Labute approximate surface area is 139 Å². The minimum absolute atomic E-state index is 0.273. The van der Waals surface area contributed by atoms with E-state index in [1.165, 1.54) is 7.11 Å². The fourth-order valence-corrected chi connectivity index (χ4v) is 2.55. The molecule has 2 N–H and O–H groups in total. The minimum atomic E-state index is -0.374. The molecule has 0 bridgehead atoms. The van der Waals surface area contributed by atoms with E-state index < -0.39 is 0 Å². The van der Waals surface area contributed by atoms with E-state index in [1.807, 2.05) is 4.90 Å². The van der Waals surface area contributed by atoms with Crippen molar-refractivity contribution in [3.05, 3.63) is 35.4 Å². The number of hydrogen-bond acceptors (Lipinski definition) is 6. The van der Waals surface area contributed by atoms with Crippen LogP contribution in [0.5, 0.6) is 5.75 Å². The summed E-state index contributed by atoms with van der Waals surface area (Å²) in [6.45, 7) is 2.47. The van der Waals surface area contributed by atoms with Gasteiger partial charge in [0.2, 0.25) is 0 Å². The van der Waals surface area contributed by atoms with E-state index in [1.54, 1.807) is 24.3 Å². The van der Waals surface area contributed by atoms with Crippen molar-refractivity contribution in [3.63, 3.8) is 0 Å². The third kappa shape index (κ3) is 3.02. The smallest absolute Gasteiger partial charge is 0.260 e. The summed E-state index contributed by atoms with van der Waals surface area (Å²) < 4.78 is 10.5. The van der Waals surface area contributed by atoms with Crippen LogP contribution in [0, 0.1) is 11.3 Å². The molecule has 1 fully saturated rings. The van der Waals surface area contributed by atoms with Crippen molar-refractivity contribution in [2.75, 3.05) is 43.6 Å². The van der Waals surface area contributed by atoms with Crippen LogP contribution in [0.25, 0.3) is 0 Å². The van der Waals surface area contributed by atoms with E-state index in [4.69, 9.17) is 9.47 Å². The standard InChI is InChI=1S/C16H17N5O3/c1-23-13-5-3-2-4-11(13)16(22)18-14-12(10-17)15(20-19-14)21-6-8-24-9-7-21/h2-5H,6-9H2,1H3,(H2,18,19,20,22). The highest BCUT2D eigenvalue weighted by Gasteiger charge is 2.22. The molecule has 0 unspecified atom stereocenters. The molecule has 1 saturated heterocycles. The molecule has 1 aromatic heterocycles. The maximum Gasteiger partial charge on any atom is 0.260 e. The van der Waals surface area contributed by atoms with Crippen LogP contribution in [0.1, 0.15) is 15.9 Å². The molecule has 1 aliphatic heterocycles. The van der Waals surface area contributed by atoms with Gasteiger partial charge < -0.3 is 19.7 Å². The summed E-state index contributed by atoms with van der Waals surface area (Å²) in [5, 5.41) is 19.1. The molecule has 0 spiro atoms. The summed E-state index contributed by atoms with van der Waals surface area (Å²) in [5.41, 5.74) is 0.687. The molecule has 2 heterocycles. The van der Waals surface area contributed by atoms with Gasteiger partial charge in [0, 0.05) is 13.1 Å². The first kappa shape index (κ1) is 15.8. The van der Waals surface area contributed by atoms with Crippen molar-refractivity contribution >= 4 is 17.5 Å². The number of nitrogens with one attached hydrogen (secondary N) is 2. The molecular weight excluding hydrogens is 310 g/mol. The van der Waals surface area contributed by atoms with Gasteiger partial charge in [0.15, 0.2) is 5.82 Å². The van der Waals surface area contributed by atoms with Gasteiger partial charge in [-0.2, -0.15) is 10.4 Å². The van der Waals surface area contributed by atoms with Gasteiger partial charge in [-0.15, -0.1) is 0 Å². The van der Waals surface area contributed by atoms with Crippen LogP contribution in [0.4, 0.5) is 11.6 Å². The van der Waals surface area contributed by atoms with Crippen molar-refractivity contribution in [1.29, 1.82) is 5.26 Å². The average Bonchev–Trinajstić information content (AvgIpc) is 3.04. The zero-order chi connectivity index (χ0) is 16.9. The van der Waals surface area contributed by atoms with Crippen molar-refractivity contribution in [2.45, 2.75) is 0 Å². The fraction of sp³-hybridized carbons (Fsp3) is 0.312. The van der Waals surface area contributed by atoms with Crippen LogP contribution in [-0.4, -0.2) is 49.5 Å². The lowest BCUT2D eigenvalue weighted by molar-refractivity contribution is 0.102. The second kappa shape index (κ2) is 7.02. The van der Waals surface area contributed by atoms with Gasteiger partial charge in [0.25, 0.3) is 5.91 Å². The molecule has 24 heavy (non-hydrogen) atoms. The number of carbonyl (C=O) groups excluding carboxylic acids is 1. The molecule has 1 aromatic carbocycles. The SMILES string of the molecule is COc1ccccc1C(=O)Nc1[nH]nc(N2CCOCC2)c1C#N. The molecule has 1 amide bonds. The number of rotatable bonds is 4. The Bertz CT molecular complexity index is 774. The van der Waals surface area contributed by atoms with E-state index in [0.717, 1.165) is 0 Å². The Morgan fingerprint density at radius 3 is 2.88 bits per heavy atom. The highest BCUT2D eigenvalue weighted by molar-refractivity contribution is 6.06. The lowest BCUT2D eigenvalue weighted by Crippen LogP contribution is -2.36. The van der Waals surface area contributed by atoms with E-state index in [2.05, 4.69) is 21.6 Å². The quantitative estimate of drug-likeness (QED) is 0.879. The normalized spacial score (nSPS) is 14.1. The van der Waals surface area contributed by atoms with Crippen LogP contribution >= 0.6 is 0 Å². The van der Waals surface area contributed by atoms with Gasteiger partial charge in [-0.1, -0.05) is 12.1 Å². The van der Waals surface area contributed by atoms with Crippen molar-refractivity contribution in [3.8, 4) is 11.8 Å². The van der Waals surface area contributed by atoms with Gasteiger partial charge in [0.1, 0.15) is 23.2 Å². The van der Waals surface area contributed by atoms with Crippen molar-refractivity contribution < 1.29 is 14.3 Å². The molecule has 8 nitrogen and oxygen atoms in total. The third-order valence-corrected chi connectivity index (χ3v) is 3.76. The number of ether oxygens (including phenoxy) is 2. The number of methoxy groups -OCH3 is 1. The molecule has 124 valence electrons. The highest BCUT2D eigenvalue weighted by atomic mass is 16.5. The number of amides is 1. The van der Waals surface area contributed by atoms with Gasteiger partial charge in [0.05, 0.1) is 25.9 Å². The number of para-hydroxylation sites is 1. The zero-order valence-electron chi connectivity index (χ0n) is 13.2. The highest BCUT2D eigenvalue weighted by Crippen LogP contribution is 2.26. The van der Waals surface area contributed by atoms with Crippen LogP contribution in [-0.2, 0) is 4.74 Å². The number of nitriles is 1. The van der Waals surface area contributed by atoms with Gasteiger partial charge >= 0.3 is 0 Å². The second-order valence-corrected chi connectivity index (χ2v) is 5.16. The topological polar surface area (TPSA) is 103 Å². The molecule has 8 heteroatoms. The van der Waals surface area contributed by atoms with E-state index in [0.29, 0.717) is 49.0 Å². The molecule has 2 aromatic rings. The number of anilines is 2. The van der Waals surface area contributed by atoms with Gasteiger partial charge in [-0.05, 0) is 12.1 Å². The summed E-state index contributed by atoms with van der Waals surface area (Å²) in [4.78, 5) is 14.4. The number of aromatic nitrogens is 2. The number of carbonyl (C=O) groups is 1. The molecule has 0 aliphatic carbocycles. The monoisotopic (exact) mass is 327 g/mol. The lowest BCUT2D eigenvalue weighted by atomic mass is 10.2. The van der Waals surface area contributed by atoms with E-state index >= 15 is 0 Å². The summed E-state index contributed by atoms with van der Waals surface area (Å²) >= 11 is 0. The second-order valence-electron chi connectivity index (χ2n) is 5.16. The van der Waals surface area contributed by atoms with Crippen LogP contribution in [0.15, 0.2) is 24.3 Å². The summed E-state index contributed by atoms with van der Waals surface area (Å²) in [6, 6.07) is 8.98. The zero-order valence-corrected chi connectivity index (χ0v) is 13.2. The van der Waals surface area contributed by atoms with Crippen LogP contribution in [0.3, 0.4) is 0 Å². The third-order valence-electron chi connectivity index (χ3n) is 3.76. The van der Waals surface area contributed by atoms with Crippen molar-refractivity contribution in [1.82, 2.24) is 10.2 Å². The number of aromatic amines is 1. The average molecular weight is 327 g/mol. The van der Waals surface area contributed by atoms with Gasteiger partial charge in [-0.25, -0.2) is 0 Å². The lowest BCUT2D eigenvalue weighted by Gasteiger charge is -2.26. The summed E-state index contributed by atoms with van der Waals surface area (Å²) in [7, 11) is 1.50. The van der Waals surface area contributed by atoms with Crippen LogP contribution < -0.4 is 15.0 Å². The minimum Gasteiger partial charge on any atom is -0.496 e. The van der Waals surface area contributed by atoms with Crippen molar-refractivity contribution in [2.24, 2.45) is 0 Å². The fourth-order valence-electron chi connectivity index (χ4n) is 2.55. The Balaban J connectivity index is 1.84. The Kier molecular flexibility index (Phi) is 4.63. The summed E-state index contributed by atoms with van der Waals surface area (Å²) in [5.74, 6) is 0.883. The number of hydrogen-bond donors (Lipinski definition) is 2. The first-order valence-corrected chi connectivity index (χ1v) is 7.50. The first-order valence-electron chi connectivity index (χ1n) is 7.50. The predicted molar refractivity (Wildman–Crippen MR) is 87.3 cm³/mol. The number of H-pyrrole nitrogens is 1. The molecular formula is C16H17N5O3.